The summed E-state index contributed by atoms with van der Waals surface area (Å²) in [6.45, 7) is 0.0240. The van der Waals surface area contributed by atoms with Gasteiger partial charge in [-0.25, -0.2) is 9.18 Å². The predicted molar refractivity (Wildman–Crippen MR) is 69.3 cm³/mol. The van der Waals surface area contributed by atoms with E-state index in [-0.39, 0.29) is 11.6 Å². The Labute approximate surface area is 112 Å². The molecule has 0 saturated carbocycles. The van der Waals surface area contributed by atoms with Crippen LogP contribution in [0.3, 0.4) is 0 Å². The van der Waals surface area contributed by atoms with E-state index < -0.39 is 11.8 Å². The fraction of sp³-hybridized carbons (Fsp3) is 0.0833. The molecule has 0 aliphatic rings. The number of carbonyl (C=O) groups is 1. The largest absolute Gasteiger partial charge is 0.457 e. The summed E-state index contributed by atoms with van der Waals surface area (Å²) < 4.78 is 18.0. The zero-order valence-electron chi connectivity index (χ0n) is 9.15. The molecule has 2 rings (SSSR count). The van der Waals surface area contributed by atoms with Crippen LogP contribution < -0.4 is 5.73 Å². The van der Waals surface area contributed by atoms with Gasteiger partial charge in [0, 0.05) is 0 Å². The molecule has 0 radical (unpaired) electrons. The predicted octanol–water partition coefficient (Wildman–Crippen LogP) is 3.48. The number of rotatable bonds is 3. The maximum absolute atomic E-state index is 12.9. The van der Waals surface area contributed by atoms with Crippen LogP contribution in [0.5, 0.6) is 0 Å². The van der Waals surface area contributed by atoms with Crippen molar-refractivity contribution in [1.82, 2.24) is 0 Å². The van der Waals surface area contributed by atoms with Crippen LogP contribution in [0.25, 0.3) is 0 Å². The smallest absolute Gasteiger partial charge is 0.350 e. The van der Waals surface area contributed by atoms with Crippen LogP contribution >= 0.6 is 22.9 Å². The highest BCUT2D eigenvalue weighted by molar-refractivity contribution is 7.12. The van der Waals surface area contributed by atoms with Crippen LogP contribution in [0.4, 0.5) is 10.1 Å². The summed E-state index contributed by atoms with van der Waals surface area (Å²) in [6.07, 6.45) is 0. The van der Waals surface area contributed by atoms with Crippen LogP contribution in [0.1, 0.15) is 15.2 Å². The van der Waals surface area contributed by atoms with Gasteiger partial charge in [0.15, 0.2) is 0 Å². The Kier molecular flexibility index (Phi) is 3.84. The second-order valence-electron chi connectivity index (χ2n) is 3.53. The number of ether oxygens (including phenoxy) is 1. The lowest BCUT2D eigenvalue weighted by molar-refractivity contribution is 0.0479. The number of hydrogen-bond acceptors (Lipinski definition) is 4. The van der Waals surface area contributed by atoms with Gasteiger partial charge in [-0.05, 0) is 29.1 Å². The van der Waals surface area contributed by atoms with Crippen molar-refractivity contribution in [2.24, 2.45) is 0 Å². The van der Waals surface area contributed by atoms with E-state index >= 15 is 0 Å². The van der Waals surface area contributed by atoms with E-state index in [0.717, 1.165) is 0 Å². The van der Waals surface area contributed by atoms with Crippen molar-refractivity contribution in [2.45, 2.75) is 6.61 Å². The molecule has 0 saturated heterocycles. The van der Waals surface area contributed by atoms with Crippen LogP contribution in [-0.2, 0) is 11.3 Å². The molecular formula is C12H9ClFNO2S. The van der Waals surface area contributed by atoms with Gasteiger partial charge in [-0.15, -0.1) is 11.3 Å². The summed E-state index contributed by atoms with van der Waals surface area (Å²) in [7, 11) is 0. The number of anilines is 1. The molecule has 0 fully saturated rings. The van der Waals surface area contributed by atoms with Crippen LogP contribution in [0.15, 0.2) is 29.6 Å². The first-order valence-electron chi connectivity index (χ1n) is 5.02. The van der Waals surface area contributed by atoms with Crippen LogP contribution in [0, 0.1) is 5.82 Å². The van der Waals surface area contributed by atoms with Gasteiger partial charge < -0.3 is 10.5 Å². The van der Waals surface area contributed by atoms with Gasteiger partial charge in [0.25, 0.3) is 0 Å². The lowest BCUT2D eigenvalue weighted by Crippen LogP contribution is -2.05. The van der Waals surface area contributed by atoms with E-state index in [0.29, 0.717) is 16.1 Å². The number of esters is 1. The van der Waals surface area contributed by atoms with E-state index in [2.05, 4.69) is 0 Å². The Morgan fingerprint density at radius 3 is 2.83 bits per heavy atom. The number of halogens is 2. The third-order valence-corrected chi connectivity index (χ3v) is 3.43. The number of nitrogen functional groups attached to an aromatic ring is 1. The fourth-order valence-corrected chi connectivity index (χ4v) is 2.24. The highest BCUT2D eigenvalue weighted by Gasteiger charge is 2.13. The van der Waals surface area contributed by atoms with Gasteiger partial charge in [0.2, 0.25) is 0 Å². The van der Waals surface area contributed by atoms with Crippen molar-refractivity contribution in [3.05, 3.63) is 50.9 Å². The second kappa shape index (κ2) is 5.37. The van der Waals surface area contributed by atoms with Crippen LogP contribution in [-0.4, -0.2) is 5.97 Å². The normalized spacial score (nSPS) is 10.3. The maximum atomic E-state index is 12.9. The highest BCUT2D eigenvalue weighted by Crippen LogP contribution is 2.21. The van der Waals surface area contributed by atoms with E-state index in [4.69, 9.17) is 22.1 Å². The second-order valence-corrected chi connectivity index (χ2v) is 4.85. The van der Waals surface area contributed by atoms with Gasteiger partial charge in [-0.1, -0.05) is 17.7 Å². The average Bonchev–Trinajstić information content (AvgIpc) is 2.77. The van der Waals surface area contributed by atoms with Crippen molar-refractivity contribution < 1.29 is 13.9 Å². The summed E-state index contributed by atoms with van der Waals surface area (Å²) in [5.74, 6) is -1.00. The summed E-state index contributed by atoms with van der Waals surface area (Å²) in [5, 5.41) is 1.71. The van der Waals surface area contributed by atoms with E-state index in [9.17, 15) is 9.18 Å². The number of nitrogens with two attached hydrogens (primary N) is 1. The molecule has 2 aromatic rings. The summed E-state index contributed by atoms with van der Waals surface area (Å²) in [4.78, 5) is 12.0. The first kappa shape index (κ1) is 12.9. The number of hydrogen-bond donors (Lipinski definition) is 1. The van der Waals surface area contributed by atoms with Crippen molar-refractivity contribution in [3.8, 4) is 0 Å². The molecule has 3 nitrogen and oxygen atoms in total. The third-order valence-electron chi connectivity index (χ3n) is 2.24. The standard InChI is InChI=1S/C12H9ClFNO2S/c13-8-5-7(1-2-9(8)14)6-17-12(16)11-10(15)3-4-18-11/h1-5H,6,15H2. The maximum Gasteiger partial charge on any atom is 0.350 e. The molecule has 0 bridgehead atoms. The molecule has 1 heterocycles. The Balaban J connectivity index is 2.02. The number of thiophene rings is 1. The first-order valence-corrected chi connectivity index (χ1v) is 6.27. The first-order chi connectivity index (χ1) is 8.58. The molecule has 94 valence electrons. The Morgan fingerprint density at radius 1 is 1.44 bits per heavy atom. The molecule has 0 aliphatic heterocycles. The molecule has 0 aliphatic carbocycles. The monoisotopic (exact) mass is 285 g/mol. The average molecular weight is 286 g/mol. The van der Waals surface area contributed by atoms with Crippen molar-refractivity contribution in [2.75, 3.05) is 5.73 Å². The third kappa shape index (κ3) is 2.80. The SMILES string of the molecule is Nc1ccsc1C(=O)OCc1ccc(F)c(Cl)c1. The Hall–Kier alpha value is -1.59. The van der Waals surface area contributed by atoms with Crippen molar-refractivity contribution >= 4 is 34.6 Å². The van der Waals surface area contributed by atoms with Crippen LogP contribution in [0.2, 0.25) is 5.02 Å². The topological polar surface area (TPSA) is 52.3 Å². The number of carbonyl (C=O) groups excluding carboxylic acids is 1. The van der Waals surface area contributed by atoms with Crippen molar-refractivity contribution in [1.29, 1.82) is 0 Å². The lowest BCUT2D eigenvalue weighted by Gasteiger charge is -2.05. The Morgan fingerprint density at radius 2 is 2.22 bits per heavy atom. The quantitative estimate of drug-likeness (QED) is 0.879. The molecule has 0 spiro atoms. The lowest BCUT2D eigenvalue weighted by atomic mass is 10.2. The van der Waals surface area contributed by atoms with Gasteiger partial charge >= 0.3 is 5.97 Å². The fourth-order valence-electron chi connectivity index (χ4n) is 1.33. The molecular weight excluding hydrogens is 277 g/mol. The molecule has 18 heavy (non-hydrogen) atoms. The molecule has 1 aromatic carbocycles. The molecule has 2 N–H and O–H groups in total. The minimum absolute atomic E-state index is 0.000753. The van der Waals surface area contributed by atoms with Gasteiger partial charge in [-0.2, -0.15) is 0 Å². The zero-order valence-corrected chi connectivity index (χ0v) is 10.7. The number of benzene rings is 1. The van der Waals surface area contributed by atoms with E-state index in [1.165, 1.54) is 29.5 Å². The van der Waals surface area contributed by atoms with Gasteiger partial charge in [0.05, 0.1) is 10.7 Å². The summed E-state index contributed by atoms with van der Waals surface area (Å²) >= 11 is 6.83. The molecule has 6 heteroatoms. The highest BCUT2D eigenvalue weighted by atomic mass is 35.5. The summed E-state index contributed by atoms with van der Waals surface area (Å²) in [6, 6.07) is 5.79. The minimum atomic E-state index is -0.505. The Bertz CT molecular complexity index is 585. The molecule has 0 unspecified atom stereocenters. The molecule has 1 aromatic heterocycles. The molecule has 0 amide bonds. The molecule has 0 atom stereocenters. The van der Waals surface area contributed by atoms with Gasteiger partial charge in [-0.3, -0.25) is 0 Å². The van der Waals surface area contributed by atoms with Gasteiger partial charge in [0.1, 0.15) is 17.3 Å². The summed E-state index contributed by atoms with van der Waals surface area (Å²) in [5.41, 5.74) is 6.60. The van der Waals surface area contributed by atoms with Crippen molar-refractivity contribution in [3.63, 3.8) is 0 Å². The van der Waals surface area contributed by atoms with E-state index in [1.54, 1.807) is 11.4 Å². The zero-order chi connectivity index (χ0) is 13.1. The van der Waals surface area contributed by atoms with E-state index in [1.807, 2.05) is 0 Å². The minimum Gasteiger partial charge on any atom is -0.457 e.